The van der Waals surface area contributed by atoms with Crippen LogP contribution in [0.25, 0.3) is 0 Å². The lowest BCUT2D eigenvalue weighted by molar-refractivity contribution is 0.586. The molecule has 0 radical (unpaired) electrons. The van der Waals surface area contributed by atoms with Crippen LogP contribution in [0.5, 0.6) is 0 Å². The highest BCUT2D eigenvalue weighted by molar-refractivity contribution is 7.92. The van der Waals surface area contributed by atoms with Gasteiger partial charge < -0.3 is 4.90 Å². The normalized spacial score (nSPS) is 16.9. The molecule has 1 heterocycles. The molecule has 1 aliphatic carbocycles. The van der Waals surface area contributed by atoms with Crippen molar-refractivity contribution in [1.82, 2.24) is 0 Å². The van der Waals surface area contributed by atoms with Gasteiger partial charge in [0, 0.05) is 13.1 Å². The van der Waals surface area contributed by atoms with Gasteiger partial charge in [-0.15, -0.1) is 0 Å². The van der Waals surface area contributed by atoms with Crippen LogP contribution in [-0.4, -0.2) is 28.1 Å². The lowest BCUT2D eigenvalue weighted by atomic mass is 10.2. The molecule has 134 valence electrons. The first-order valence-corrected chi connectivity index (χ1v) is 10.0. The second-order valence-electron chi connectivity index (χ2n) is 6.71. The minimum absolute atomic E-state index is 0.0686. The van der Waals surface area contributed by atoms with Gasteiger partial charge in [0.2, 0.25) is 0 Å². The maximum atomic E-state index is 13.6. The molecule has 7 heteroatoms. The third kappa shape index (κ3) is 2.90. The van der Waals surface area contributed by atoms with Crippen molar-refractivity contribution in [2.75, 3.05) is 28.8 Å². The SMILES string of the molecule is N#Cc1cc(S(=O)(=O)N2CCN(CC3CC3)c3ccccc32)ccc1F. The minimum atomic E-state index is -3.87. The Morgan fingerprint density at radius 2 is 1.85 bits per heavy atom. The van der Waals surface area contributed by atoms with Gasteiger partial charge >= 0.3 is 0 Å². The van der Waals surface area contributed by atoms with Gasteiger partial charge in [-0.2, -0.15) is 5.26 Å². The van der Waals surface area contributed by atoms with Gasteiger partial charge in [-0.05, 0) is 49.1 Å². The summed E-state index contributed by atoms with van der Waals surface area (Å²) in [6, 6.07) is 12.5. The molecule has 0 spiro atoms. The fourth-order valence-electron chi connectivity index (χ4n) is 3.32. The molecule has 0 saturated heterocycles. The Morgan fingerprint density at radius 3 is 2.54 bits per heavy atom. The smallest absolute Gasteiger partial charge is 0.264 e. The van der Waals surface area contributed by atoms with Gasteiger partial charge in [0.05, 0.1) is 28.4 Å². The maximum Gasteiger partial charge on any atom is 0.264 e. The fraction of sp³-hybridized carbons (Fsp3) is 0.316. The highest BCUT2D eigenvalue weighted by Gasteiger charge is 2.34. The summed E-state index contributed by atoms with van der Waals surface area (Å²) in [6.45, 7) is 1.88. The highest BCUT2D eigenvalue weighted by Crippen LogP contribution is 2.39. The molecule has 2 aromatic carbocycles. The van der Waals surface area contributed by atoms with Crippen LogP contribution in [0.1, 0.15) is 18.4 Å². The van der Waals surface area contributed by atoms with E-state index in [1.807, 2.05) is 18.2 Å². The molecule has 2 aromatic rings. The zero-order valence-electron chi connectivity index (χ0n) is 14.1. The molecule has 0 N–H and O–H groups in total. The van der Waals surface area contributed by atoms with Crippen molar-refractivity contribution in [1.29, 1.82) is 5.26 Å². The van der Waals surface area contributed by atoms with Gasteiger partial charge in [0.25, 0.3) is 10.0 Å². The second kappa shape index (κ2) is 6.29. The van der Waals surface area contributed by atoms with E-state index in [1.54, 1.807) is 12.1 Å². The average molecular weight is 371 g/mol. The number of anilines is 2. The summed E-state index contributed by atoms with van der Waals surface area (Å²) in [5.41, 5.74) is 1.26. The number of hydrogen-bond acceptors (Lipinski definition) is 4. The van der Waals surface area contributed by atoms with Gasteiger partial charge in [-0.3, -0.25) is 4.31 Å². The van der Waals surface area contributed by atoms with Crippen molar-refractivity contribution in [2.24, 2.45) is 5.92 Å². The molecular weight excluding hydrogens is 353 g/mol. The molecule has 1 fully saturated rings. The van der Waals surface area contributed by atoms with Crippen molar-refractivity contribution in [3.05, 3.63) is 53.8 Å². The number of nitriles is 1. The molecule has 1 aliphatic heterocycles. The summed E-state index contributed by atoms with van der Waals surface area (Å²) in [5.74, 6) is -0.0254. The van der Waals surface area contributed by atoms with E-state index in [2.05, 4.69) is 4.90 Å². The van der Waals surface area contributed by atoms with Crippen molar-refractivity contribution >= 4 is 21.4 Å². The summed E-state index contributed by atoms with van der Waals surface area (Å²) >= 11 is 0. The number of nitrogens with zero attached hydrogens (tertiary/aromatic N) is 3. The van der Waals surface area contributed by atoms with E-state index < -0.39 is 15.8 Å². The molecule has 1 saturated carbocycles. The fourth-order valence-corrected chi connectivity index (χ4v) is 4.82. The van der Waals surface area contributed by atoms with Crippen LogP contribution in [-0.2, 0) is 10.0 Å². The van der Waals surface area contributed by atoms with E-state index in [4.69, 9.17) is 5.26 Å². The van der Waals surface area contributed by atoms with Crippen LogP contribution < -0.4 is 9.21 Å². The largest absolute Gasteiger partial charge is 0.368 e. The summed E-state index contributed by atoms with van der Waals surface area (Å²) in [5, 5.41) is 9.00. The van der Waals surface area contributed by atoms with Crippen LogP contribution in [0.2, 0.25) is 0 Å². The Bertz CT molecular complexity index is 996. The molecule has 4 rings (SSSR count). The van der Waals surface area contributed by atoms with Crippen LogP contribution in [0, 0.1) is 23.1 Å². The van der Waals surface area contributed by atoms with E-state index in [-0.39, 0.29) is 10.5 Å². The molecular formula is C19H18FN3O2S. The number of fused-ring (bicyclic) bond motifs is 1. The summed E-state index contributed by atoms with van der Waals surface area (Å²) in [7, 11) is -3.87. The highest BCUT2D eigenvalue weighted by atomic mass is 32.2. The number of sulfonamides is 1. The summed E-state index contributed by atoms with van der Waals surface area (Å²) in [6.07, 6.45) is 2.46. The zero-order valence-corrected chi connectivity index (χ0v) is 14.9. The Balaban J connectivity index is 1.73. The summed E-state index contributed by atoms with van der Waals surface area (Å²) in [4.78, 5) is 2.17. The van der Waals surface area contributed by atoms with Gasteiger partial charge in [0.15, 0.2) is 0 Å². The van der Waals surface area contributed by atoms with Crippen LogP contribution >= 0.6 is 0 Å². The third-order valence-electron chi connectivity index (χ3n) is 4.89. The predicted molar refractivity (Wildman–Crippen MR) is 97.0 cm³/mol. The van der Waals surface area contributed by atoms with Gasteiger partial charge in [-0.25, -0.2) is 12.8 Å². The first-order chi connectivity index (χ1) is 12.5. The number of hydrogen-bond donors (Lipinski definition) is 0. The van der Waals surface area contributed by atoms with Crippen molar-refractivity contribution in [3.63, 3.8) is 0 Å². The Labute approximate surface area is 152 Å². The van der Waals surface area contributed by atoms with Crippen LogP contribution in [0.3, 0.4) is 0 Å². The number of para-hydroxylation sites is 2. The predicted octanol–water partition coefficient (Wildman–Crippen LogP) is 3.12. The van der Waals surface area contributed by atoms with Crippen molar-refractivity contribution < 1.29 is 12.8 Å². The van der Waals surface area contributed by atoms with E-state index in [0.717, 1.165) is 24.4 Å². The molecule has 0 amide bonds. The third-order valence-corrected chi connectivity index (χ3v) is 6.70. The Kier molecular flexibility index (Phi) is 4.08. The molecule has 0 bridgehead atoms. The molecule has 26 heavy (non-hydrogen) atoms. The zero-order chi connectivity index (χ0) is 18.3. The van der Waals surface area contributed by atoms with Crippen LogP contribution in [0.4, 0.5) is 15.8 Å². The van der Waals surface area contributed by atoms with E-state index in [9.17, 15) is 12.8 Å². The van der Waals surface area contributed by atoms with Crippen molar-refractivity contribution in [2.45, 2.75) is 17.7 Å². The lowest BCUT2D eigenvalue weighted by Gasteiger charge is -2.38. The molecule has 0 aromatic heterocycles. The topological polar surface area (TPSA) is 64.4 Å². The molecule has 0 unspecified atom stereocenters. The van der Waals surface area contributed by atoms with E-state index >= 15 is 0 Å². The molecule has 5 nitrogen and oxygen atoms in total. The molecule has 0 atom stereocenters. The van der Waals surface area contributed by atoms with E-state index in [0.29, 0.717) is 24.7 Å². The number of halogens is 1. The quantitative estimate of drug-likeness (QED) is 0.828. The lowest BCUT2D eigenvalue weighted by Crippen LogP contribution is -2.44. The van der Waals surface area contributed by atoms with E-state index in [1.165, 1.54) is 23.2 Å². The number of rotatable bonds is 4. The van der Waals surface area contributed by atoms with Crippen molar-refractivity contribution in [3.8, 4) is 6.07 Å². The number of benzene rings is 2. The Morgan fingerprint density at radius 1 is 1.12 bits per heavy atom. The molecule has 2 aliphatic rings. The van der Waals surface area contributed by atoms with Gasteiger partial charge in [0.1, 0.15) is 11.9 Å². The Hall–Kier alpha value is -2.59. The monoisotopic (exact) mass is 371 g/mol. The minimum Gasteiger partial charge on any atom is -0.368 e. The first kappa shape index (κ1) is 16.9. The maximum absolute atomic E-state index is 13.6. The standard InChI is InChI=1S/C19H18FN3O2S/c20-17-8-7-16(11-15(17)12-21)26(24,25)23-10-9-22(13-14-5-6-14)18-3-1-2-4-19(18)23/h1-4,7-8,11,14H,5-6,9-10,13H2. The van der Waals surface area contributed by atoms with Gasteiger partial charge in [-0.1, -0.05) is 12.1 Å². The summed E-state index contributed by atoms with van der Waals surface area (Å²) < 4.78 is 41.2. The van der Waals surface area contributed by atoms with Crippen LogP contribution in [0.15, 0.2) is 47.4 Å². The first-order valence-electron chi connectivity index (χ1n) is 8.57. The second-order valence-corrected chi connectivity index (χ2v) is 8.57. The average Bonchev–Trinajstić information content (AvgIpc) is 3.46.